The van der Waals surface area contributed by atoms with Crippen LogP contribution in [0, 0.1) is 23.7 Å². The highest BCUT2D eigenvalue weighted by Crippen LogP contribution is 2.32. The maximum atomic E-state index is 6.03. The molecule has 2 fully saturated rings. The van der Waals surface area contributed by atoms with Crippen molar-refractivity contribution in [2.24, 2.45) is 23.7 Å². The Morgan fingerprint density at radius 1 is 0.741 bits per heavy atom. The number of hydrogen-bond acceptors (Lipinski definition) is 2. The zero-order valence-corrected chi connectivity index (χ0v) is 17.6. The Bertz CT molecular complexity index is 508. The van der Waals surface area contributed by atoms with Crippen molar-refractivity contribution in [1.29, 1.82) is 0 Å². The summed E-state index contributed by atoms with van der Waals surface area (Å²) in [5.74, 6) is 5.54. The van der Waals surface area contributed by atoms with Crippen LogP contribution in [0.2, 0.25) is 0 Å². The fourth-order valence-electron chi connectivity index (χ4n) is 4.83. The largest absolute Gasteiger partial charge is 0.494 e. The van der Waals surface area contributed by atoms with Gasteiger partial charge in [0.05, 0.1) is 13.2 Å². The average molecular weight is 373 g/mol. The Morgan fingerprint density at radius 2 is 1.30 bits per heavy atom. The van der Waals surface area contributed by atoms with Crippen molar-refractivity contribution in [3.63, 3.8) is 0 Å². The van der Waals surface area contributed by atoms with Gasteiger partial charge in [-0.2, -0.15) is 0 Å². The molecule has 0 amide bonds. The normalized spacial score (nSPS) is 28.7. The van der Waals surface area contributed by atoms with Gasteiger partial charge >= 0.3 is 0 Å². The molecule has 2 aliphatic carbocycles. The summed E-state index contributed by atoms with van der Waals surface area (Å²) in [5, 5.41) is 0. The average Bonchev–Trinajstić information content (AvgIpc) is 2.72. The van der Waals surface area contributed by atoms with E-state index in [-0.39, 0.29) is 0 Å². The molecule has 0 radical (unpaired) electrons. The van der Waals surface area contributed by atoms with E-state index in [4.69, 9.17) is 9.47 Å². The molecule has 2 nitrogen and oxygen atoms in total. The molecule has 0 bridgehead atoms. The Hall–Kier alpha value is -1.18. The summed E-state index contributed by atoms with van der Waals surface area (Å²) in [5.41, 5.74) is 0. The van der Waals surface area contributed by atoms with Crippen molar-refractivity contribution < 1.29 is 9.47 Å². The van der Waals surface area contributed by atoms with Gasteiger partial charge in [-0.3, -0.25) is 0 Å². The van der Waals surface area contributed by atoms with Crippen molar-refractivity contribution in [2.75, 3.05) is 13.2 Å². The number of hydrogen-bond donors (Lipinski definition) is 0. The lowest BCUT2D eigenvalue weighted by atomic mass is 9.81. The Morgan fingerprint density at radius 3 is 1.93 bits per heavy atom. The van der Waals surface area contributed by atoms with E-state index in [2.05, 4.69) is 38.1 Å². The van der Waals surface area contributed by atoms with Crippen LogP contribution in [-0.2, 0) is 0 Å². The fraction of sp³-hybridized carbons (Fsp3) is 0.760. The predicted octanol–water partition coefficient (Wildman–Crippen LogP) is 7.27. The summed E-state index contributed by atoms with van der Waals surface area (Å²) in [6.45, 7) is 6.43. The Labute approximate surface area is 167 Å². The molecule has 0 atom stereocenters. The molecule has 0 heterocycles. The Balaban J connectivity index is 1.28. The van der Waals surface area contributed by atoms with Gasteiger partial charge in [-0.1, -0.05) is 58.8 Å². The van der Waals surface area contributed by atoms with E-state index in [9.17, 15) is 0 Å². The number of rotatable bonds is 9. The standard InChI is InChI=1S/C25H40O2/c1-3-21-10-12-23(13-11-21)19-27-25-16-14-24(15-17-25)26-18-4-5-22-8-6-20(2)7-9-22/h14-17,20-23H,3-13,18-19H2,1-2H3. The van der Waals surface area contributed by atoms with Gasteiger partial charge in [0.25, 0.3) is 0 Å². The first-order chi connectivity index (χ1) is 13.2. The van der Waals surface area contributed by atoms with Crippen LogP contribution in [0.3, 0.4) is 0 Å². The van der Waals surface area contributed by atoms with Crippen LogP contribution in [0.1, 0.15) is 84.5 Å². The van der Waals surface area contributed by atoms with Crippen LogP contribution in [0.4, 0.5) is 0 Å². The van der Waals surface area contributed by atoms with Gasteiger partial charge in [-0.15, -0.1) is 0 Å². The minimum absolute atomic E-state index is 0.742. The van der Waals surface area contributed by atoms with Gasteiger partial charge in [0.2, 0.25) is 0 Å². The smallest absolute Gasteiger partial charge is 0.119 e. The molecule has 2 aliphatic rings. The molecule has 27 heavy (non-hydrogen) atoms. The first-order valence-electron chi connectivity index (χ1n) is 11.6. The molecule has 0 aromatic heterocycles. The van der Waals surface area contributed by atoms with E-state index in [0.717, 1.165) is 48.4 Å². The van der Waals surface area contributed by atoms with Crippen molar-refractivity contribution in [3.8, 4) is 11.5 Å². The summed E-state index contributed by atoms with van der Waals surface area (Å²) in [7, 11) is 0. The van der Waals surface area contributed by atoms with E-state index >= 15 is 0 Å². The molecule has 1 aromatic rings. The second-order valence-corrected chi connectivity index (χ2v) is 9.19. The van der Waals surface area contributed by atoms with Crippen LogP contribution in [0.25, 0.3) is 0 Å². The minimum atomic E-state index is 0.742. The van der Waals surface area contributed by atoms with Gasteiger partial charge < -0.3 is 9.47 Å². The lowest BCUT2D eigenvalue weighted by Crippen LogP contribution is -2.19. The zero-order chi connectivity index (χ0) is 18.9. The highest BCUT2D eigenvalue weighted by molar-refractivity contribution is 5.31. The summed E-state index contributed by atoms with van der Waals surface area (Å²) in [6, 6.07) is 8.25. The lowest BCUT2D eigenvalue weighted by molar-refractivity contribution is 0.181. The summed E-state index contributed by atoms with van der Waals surface area (Å²) in [6.07, 6.45) is 15.0. The van der Waals surface area contributed by atoms with Gasteiger partial charge in [-0.25, -0.2) is 0 Å². The fourth-order valence-corrected chi connectivity index (χ4v) is 4.83. The second-order valence-electron chi connectivity index (χ2n) is 9.19. The number of ether oxygens (including phenoxy) is 2. The highest BCUT2D eigenvalue weighted by atomic mass is 16.5. The summed E-state index contributed by atoms with van der Waals surface area (Å²) in [4.78, 5) is 0. The molecule has 0 unspecified atom stereocenters. The summed E-state index contributed by atoms with van der Waals surface area (Å²) >= 11 is 0. The van der Waals surface area contributed by atoms with E-state index in [1.807, 2.05) is 0 Å². The van der Waals surface area contributed by atoms with Crippen LogP contribution in [0.5, 0.6) is 11.5 Å². The topological polar surface area (TPSA) is 18.5 Å². The SMILES string of the molecule is CCC1CCC(COc2ccc(OCCCC3CCC(C)CC3)cc2)CC1. The molecule has 0 spiro atoms. The van der Waals surface area contributed by atoms with Crippen molar-refractivity contribution in [3.05, 3.63) is 24.3 Å². The third-order valence-corrected chi connectivity index (χ3v) is 7.01. The zero-order valence-electron chi connectivity index (χ0n) is 17.6. The van der Waals surface area contributed by atoms with E-state index in [1.165, 1.54) is 70.6 Å². The monoisotopic (exact) mass is 372 g/mol. The minimum Gasteiger partial charge on any atom is -0.494 e. The predicted molar refractivity (Wildman–Crippen MR) is 114 cm³/mol. The molecular formula is C25H40O2. The Kier molecular flexibility index (Phi) is 8.35. The maximum absolute atomic E-state index is 6.03. The maximum Gasteiger partial charge on any atom is 0.119 e. The molecule has 0 aliphatic heterocycles. The van der Waals surface area contributed by atoms with Gasteiger partial charge in [0.15, 0.2) is 0 Å². The van der Waals surface area contributed by atoms with Crippen molar-refractivity contribution in [2.45, 2.75) is 84.5 Å². The van der Waals surface area contributed by atoms with E-state index < -0.39 is 0 Å². The molecule has 2 heteroatoms. The van der Waals surface area contributed by atoms with Gasteiger partial charge in [0.1, 0.15) is 11.5 Å². The van der Waals surface area contributed by atoms with Crippen molar-refractivity contribution >= 4 is 0 Å². The molecule has 2 saturated carbocycles. The van der Waals surface area contributed by atoms with Crippen LogP contribution < -0.4 is 9.47 Å². The lowest BCUT2D eigenvalue weighted by Gasteiger charge is -2.27. The third kappa shape index (κ3) is 7.05. The molecule has 0 saturated heterocycles. The highest BCUT2D eigenvalue weighted by Gasteiger charge is 2.20. The second kappa shape index (κ2) is 11.0. The molecule has 1 aromatic carbocycles. The van der Waals surface area contributed by atoms with Crippen LogP contribution in [0.15, 0.2) is 24.3 Å². The first-order valence-corrected chi connectivity index (χ1v) is 11.6. The van der Waals surface area contributed by atoms with Crippen LogP contribution in [-0.4, -0.2) is 13.2 Å². The van der Waals surface area contributed by atoms with Crippen LogP contribution >= 0.6 is 0 Å². The van der Waals surface area contributed by atoms with Gasteiger partial charge in [0, 0.05) is 0 Å². The van der Waals surface area contributed by atoms with E-state index in [1.54, 1.807) is 0 Å². The van der Waals surface area contributed by atoms with Crippen molar-refractivity contribution in [1.82, 2.24) is 0 Å². The molecular weight excluding hydrogens is 332 g/mol. The quantitative estimate of drug-likeness (QED) is 0.424. The van der Waals surface area contributed by atoms with E-state index in [0.29, 0.717) is 0 Å². The third-order valence-electron chi connectivity index (χ3n) is 7.01. The summed E-state index contributed by atoms with van der Waals surface area (Å²) < 4.78 is 12.0. The first kappa shape index (κ1) is 20.6. The van der Waals surface area contributed by atoms with Gasteiger partial charge in [-0.05, 0) is 73.6 Å². The molecule has 0 N–H and O–H groups in total. The number of benzene rings is 1. The molecule has 3 rings (SSSR count). The molecule has 152 valence electrons.